The first-order chi connectivity index (χ1) is 8.30. The van der Waals surface area contributed by atoms with Crippen molar-refractivity contribution in [2.45, 2.75) is 33.6 Å². The second-order valence-electron chi connectivity index (χ2n) is 5.71. The second-order valence-corrected chi connectivity index (χ2v) is 6.15. The number of aliphatic carboxylic acids is 1. The normalized spacial score (nSPS) is 15.6. The molecular formula is C15H17ClO2. The van der Waals surface area contributed by atoms with E-state index in [1.165, 1.54) is 5.56 Å². The minimum absolute atomic E-state index is 0.201. The SMILES string of the molecule is CC(C)(C)C1=C(C(=O)O)CCc2ccc(Cl)cc21. The number of aryl methyl sites for hydroxylation is 1. The molecule has 0 aromatic heterocycles. The summed E-state index contributed by atoms with van der Waals surface area (Å²) in [4.78, 5) is 11.4. The van der Waals surface area contributed by atoms with Crippen LogP contribution in [0.4, 0.5) is 0 Å². The summed E-state index contributed by atoms with van der Waals surface area (Å²) in [7, 11) is 0. The average molecular weight is 265 g/mol. The Labute approximate surface area is 112 Å². The molecule has 0 saturated heterocycles. The highest BCUT2D eigenvalue weighted by atomic mass is 35.5. The minimum atomic E-state index is -0.814. The molecule has 0 fully saturated rings. The fourth-order valence-electron chi connectivity index (χ4n) is 2.62. The van der Waals surface area contributed by atoms with Gasteiger partial charge < -0.3 is 5.11 Å². The Morgan fingerprint density at radius 1 is 1.28 bits per heavy atom. The van der Waals surface area contributed by atoms with Crippen LogP contribution in [0.3, 0.4) is 0 Å². The highest BCUT2D eigenvalue weighted by Gasteiger charge is 2.30. The summed E-state index contributed by atoms with van der Waals surface area (Å²) in [6.07, 6.45) is 1.37. The van der Waals surface area contributed by atoms with Gasteiger partial charge >= 0.3 is 5.97 Å². The van der Waals surface area contributed by atoms with E-state index in [9.17, 15) is 9.90 Å². The lowest BCUT2D eigenvalue weighted by Crippen LogP contribution is -2.20. The molecule has 0 amide bonds. The van der Waals surface area contributed by atoms with Crippen LogP contribution >= 0.6 is 11.6 Å². The number of benzene rings is 1. The number of carboxylic acid groups (broad SMARTS) is 1. The number of carboxylic acids is 1. The van der Waals surface area contributed by atoms with Crippen LogP contribution in [-0.2, 0) is 11.2 Å². The van der Waals surface area contributed by atoms with Crippen LogP contribution in [0.5, 0.6) is 0 Å². The van der Waals surface area contributed by atoms with Gasteiger partial charge in [-0.2, -0.15) is 0 Å². The van der Waals surface area contributed by atoms with E-state index in [1.807, 2.05) is 39.0 Å². The highest BCUT2D eigenvalue weighted by Crippen LogP contribution is 2.43. The first kappa shape index (κ1) is 13.2. The van der Waals surface area contributed by atoms with Gasteiger partial charge in [-0.1, -0.05) is 38.4 Å². The van der Waals surface area contributed by atoms with E-state index in [2.05, 4.69) is 0 Å². The molecule has 2 rings (SSSR count). The molecule has 0 saturated carbocycles. The van der Waals surface area contributed by atoms with Gasteiger partial charge in [-0.15, -0.1) is 0 Å². The maximum atomic E-state index is 11.4. The Balaban J connectivity index is 2.72. The molecule has 18 heavy (non-hydrogen) atoms. The number of hydrogen-bond acceptors (Lipinski definition) is 1. The maximum absolute atomic E-state index is 11.4. The molecule has 1 aliphatic carbocycles. The predicted molar refractivity (Wildman–Crippen MR) is 73.8 cm³/mol. The van der Waals surface area contributed by atoms with E-state index < -0.39 is 5.97 Å². The summed E-state index contributed by atoms with van der Waals surface area (Å²) in [6, 6.07) is 5.76. The van der Waals surface area contributed by atoms with Crippen molar-refractivity contribution < 1.29 is 9.90 Å². The van der Waals surface area contributed by atoms with Gasteiger partial charge in [0.15, 0.2) is 0 Å². The van der Waals surface area contributed by atoms with Gasteiger partial charge in [-0.05, 0) is 47.1 Å². The molecule has 0 spiro atoms. The van der Waals surface area contributed by atoms with Crippen molar-refractivity contribution in [1.29, 1.82) is 0 Å². The number of hydrogen-bond donors (Lipinski definition) is 1. The lowest BCUT2D eigenvalue weighted by atomic mass is 9.73. The molecule has 3 heteroatoms. The van der Waals surface area contributed by atoms with Crippen LogP contribution in [0.15, 0.2) is 23.8 Å². The molecule has 0 unspecified atom stereocenters. The summed E-state index contributed by atoms with van der Waals surface area (Å²) in [5.74, 6) is -0.814. The topological polar surface area (TPSA) is 37.3 Å². The van der Waals surface area contributed by atoms with Crippen LogP contribution in [0, 0.1) is 5.41 Å². The van der Waals surface area contributed by atoms with Crippen molar-refractivity contribution in [3.63, 3.8) is 0 Å². The first-order valence-electron chi connectivity index (χ1n) is 6.06. The smallest absolute Gasteiger partial charge is 0.331 e. The van der Waals surface area contributed by atoms with Gasteiger partial charge in [0, 0.05) is 10.6 Å². The zero-order valence-corrected chi connectivity index (χ0v) is 11.6. The summed E-state index contributed by atoms with van der Waals surface area (Å²) in [6.45, 7) is 6.13. The van der Waals surface area contributed by atoms with Crippen molar-refractivity contribution in [2.75, 3.05) is 0 Å². The van der Waals surface area contributed by atoms with Crippen molar-refractivity contribution >= 4 is 23.1 Å². The van der Waals surface area contributed by atoms with Gasteiger partial charge in [-0.25, -0.2) is 4.79 Å². The largest absolute Gasteiger partial charge is 0.478 e. The molecule has 1 aromatic rings. The number of carbonyl (C=O) groups is 1. The first-order valence-corrected chi connectivity index (χ1v) is 6.44. The summed E-state index contributed by atoms with van der Waals surface area (Å²) < 4.78 is 0. The number of rotatable bonds is 1. The Morgan fingerprint density at radius 2 is 1.94 bits per heavy atom. The second kappa shape index (κ2) is 4.43. The van der Waals surface area contributed by atoms with Crippen molar-refractivity contribution in [3.8, 4) is 0 Å². The number of halogens is 1. The van der Waals surface area contributed by atoms with Crippen LogP contribution < -0.4 is 0 Å². The van der Waals surface area contributed by atoms with E-state index in [0.29, 0.717) is 17.0 Å². The third-order valence-corrected chi connectivity index (χ3v) is 3.53. The van der Waals surface area contributed by atoms with Gasteiger partial charge in [0.1, 0.15) is 0 Å². The van der Waals surface area contributed by atoms with Crippen LogP contribution in [0.1, 0.15) is 38.3 Å². The molecule has 0 aliphatic heterocycles. The molecule has 1 N–H and O–H groups in total. The van der Waals surface area contributed by atoms with E-state index in [-0.39, 0.29) is 5.41 Å². The lowest BCUT2D eigenvalue weighted by Gasteiger charge is -2.31. The van der Waals surface area contributed by atoms with Crippen LogP contribution in [0.25, 0.3) is 5.57 Å². The van der Waals surface area contributed by atoms with Crippen LogP contribution in [-0.4, -0.2) is 11.1 Å². The quantitative estimate of drug-likeness (QED) is 0.827. The fourth-order valence-corrected chi connectivity index (χ4v) is 2.79. The number of fused-ring (bicyclic) bond motifs is 1. The molecule has 1 aliphatic rings. The van der Waals surface area contributed by atoms with Gasteiger partial charge in [-0.3, -0.25) is 0 Å². The standard InChI is InChI=1S/C15H17ClO2/c1-15(2,3)13-11(14(17)18)7-5-9-4-6-10(16)8-12(9)13/h4,6,8H,5,7H2,1-3H3,(H,17,18). The zero-order chi connectivity index (χ0) is 13.5. The minimum Gasteiger partial charge on any atom is -0.478 e. The fraction of sp³-hybridized carbons (Fsp3) is 0.400. The molecule has 0 heterocycles. The summed E-state index contributed by atoms with van der Waals surface area (Å²) >= 11 is 6.05. The zero-order valence-electron chi connectivity index (χ0n) is 10.9. The Morgan fingerprint density at radius 3 is 2.50 bits per heavy atom. The van der Waals surface area contributed by atoms with Crippen molar-refractivity contribution in [3.05, 3.63) is 39.9 Å². The highest BCUT2D eigenvalue weighted by molar-refractivity contribution is 6.30. The molecular weight excluding hydrogens is 248 g/mol. The van der Waals surface area contributed by atoms with Crippen molar-refractivity contribution in [1.82, 2.24) is 0 Å². The molecule has 0 atom stereocenters. The molecule has 0 bridgehead atoms. The van der Waals surface area contributed by atoms with Gasteiger partial charge in [0.2, 0.25) is 0 Å². The lowest BCUT2D eigenvalue weighted by molar-refractivity contribution is -0.132. The Bertz CT molecular complexity index is 536. The molecule has 2 nitrogen and oxygen atoms in total. The van der Waals surface area contributed by atoms with E-state index in [0.717, 1.165) is 17.6 Å². The Hall–Kier alpha value is -1.28. The monoisotopic (exact) mass is 264 g/mol. The summed E-state index contributed by atoms with van der Waals surface area (Å²) in [5, 5.41) is 10.0. The maximum Gasteiger partial charge on any atom is 0.331 e. The van der Waals surface area contributed by atoms with Crippen LogP contribution in [0.2, 0.25) is 5.02 Å². The third-order valence-electron chi connectivity index (χ3n) is 3.30. The van der Waals surface area contributed by atoms with E-state index in [1.54, 1.807) is 0 Å². The molecule has 0 radical (unpaired) electrons. The predicted octanol–water partition coefficient (Wildman–Crippen LogP) is 4.17. The van der Waals surface area contributed by atoms with Gasteiger partial charge in [0.25, 0.3) is 0 Å². The van der Waals surface area contributed by atoms with Gasteiger partial charge in [0.05, 0.1) is 0 Å². The number of allylic oxidation sites excluding steroid dienone is 1. The van der Waals surface area contributed by atoms with E-state index >= 15 is 0 Å². The molecule has 1 aromatic carbocycles. The van der Waals surface area contributed by atoms with E-state index in [4.69, 9.17) is 11.6 Å². The van der Waals surface area contributed by atoms with Crippen molar-refractivity contribution in [2.24, 2.45) is 5.41 Å². The third kappa shape index (κ3) is 2.30. The summed E-state index contributed by atoms with van der Waals surface area (Å²) in [5.41, 5.74) is 3.43. The average Bonchev–Trinajstić information content (AvgIpc) is 2.25. The Kier molecular flexibility index (Phi) is 3.24. The molecule has 96 valence electrons.